The van der Waals surface area contributed by atoms with E-state index in [0.717, 1.165) is 22.4 Å². The summed E-state index contributed by atoms with van der Waals surface area (Å²) in [5, 5.41) is 10.4. The molecule has 0 saturated heterocycles. The Hall–Kier alpha value is -3.41. The van der Waals surface area contributed by atoms with E-state index in [4.69, 9.17) is 0 Å². The summed E-state index contributed by atoms with van der Waals surface area (Å²) in [4.78, 5) is 25.6. The minimum Gasteiger partial charge on any atom is -0.325 e. The number of nitrogens with zero attached hydrogens (tertiary/aromatic N) is 2. The number of aromatic nitrogens is 2. The van der Waals surface area contributed by atoms with Gasteiger partial charge in [0.15, 0.2) is 0 Å². The van der Waals surface area contributed by atoms with Crippen molar-refractivity contribution in [3.63, 3.8) is 0 Å². The molecule has 134 valence electrons. The number of benzene rings is 2. The monoisotopic (exact) mass is 358 g/mol. The molecule has 2 aliphatic heterocycles. The first kappa shape index (κ1) is 15.8. The lowest BCUT2D eigenvalue weighted by Crippen LogP contribution is -2.43. The van der Waals surface area contributed by atoms with Gasteiger partial charge in [-0.2, -0.15) is 5.10 Å². The number of para-hydroxylation sites is 1. The number of fused-ring (bicyclic) bond motifs is 4. The van der Waals surface area contributed by atoms with Crippen LogP contribution < -0.4 is 10.6 Å². The minimum atomic E-state index is -1.01. The molecule has 5 rings (SSSR count). The van der Waals surface area contributed by atoms with E-state index in [2.05, 4.69) is 15.7 Å². The van der Waals surface area contributed by atoms with Crippen LogP contribution >= 0.6 is 0 Å². The smallest absolute Gasteiger partial charge is 0.240 e. The van der Waals surface area contributed by atoms with Crippen molar-refractivity contribution in [3.8, 4) is 0 Å². The first-order chi connectivity index (χ1) is 13.1. The highest BCUT2D eigenvalue weighted by Gasteiger charge is 2.54. The molecule has 0 unspecified atom stereocenters. The normalized spacial score (nSPS) is 20.2. The Balaban J connectivity index is 1.64. The van der Waals surface area contributed by atoms with Crippen LogP contribution in [0.5, 0.6) is 0 Å². The molecule has 1 spiro atoms. The van der Waals surface area contributed by atoms with Crippen molar-refractivity contribution >= 4 is 23.3 Å². The highest BCUT2D eigenvalue weighted by Crippen LogP contribution is 2.49. The number of aryl methyl sites for hydroxylation is 1. The van der Waals surface area contributed by atoms with Gasteiger partial charge >= 0.3 is 0 Å². The second-order valence-corrected chi connectivity index (χ2v) is 7.18. The van der Waals surface area contributed by atoms with Crippen molar-refractivity contribution in [1.29, 1.82) is 0 Å². The van der Waals surface area contributed by atoms with E-state index in [0.29, 0.717) is 12.4 Å². The summed E-state index contributed by atoms with van der Waals surface area (Å²) < 4.78 is 1.76. The first-order valence-corrected chi connectivity index (χ1v) is 8.90. The Morgan fingerprint density at radius 2 is 1.81 bits per heavy atom. The van der Waals surface area contributed by atoms with Gasteiger partial charge in [0.1, 0.15) is 11.2 Å². The highest BCUT2D eigenvalue weighted by atomic mass is 16.2. The molecule has 0 radical (unpaired) electrons. The van der Waals surface area contributed by atoms with Crippen LogP contribution in [0.15, 0.2) is 54.7 Å². The van der Waals surface area contributed by atoms with Crippen molar-refractivity contribution in [1.82, 2.24) is 9.78 Å². The molecule has 0 fully saturated rings. The average Bonchev–Trinajstić information content (AvgIpc) is 3.17. The van der Waals surface area contributed by atoms with Crippen LogP contribution in [-0.2, 0) is 21.5 Å². The predicted molar refractivity (Wildman–Crippen MR) is 102 cm³/mol. The Labute approximate surface area is 156 Å². The number of anilines is 2. The summed E-state index contributed by atoms with van der Waals surface area (Å²) in [6.45, 7) is 2.56. The van der Waals surface area contributed by atoms with Crippen LogP contribution in [-0.4, -0.2) is 21.6 Å². The maximum absolute atomic E-state index is 13.0. The molecule has 6 heteroatoms. The third-order valence-electron chi connectivity index (χ3n) is 5.46. The maximum Gasteiger partial charge on any atom is 0.240 e. The third kappa shape index (κ3) is 2.23. The van der Waals surface area contributed by atoms with Gasteiger partial charge in [0.25, 0.3) is 0 Å². The van der Waals surface area contributed by atoms with E-state index in [1.807, 2.05) is 55.5 Å². The van der Waals surface area contributed by atoms with Crippen LogP contribution in [0, 0.1) is 6.92 Å². The van der Waals surface area contributed by atoms with E-state index < -0.39 is 5.41 Å². The fourth-order valence-corrected chi connectivity index (χ4v) is 4.09. The molecule has 2 aromatic carbocycles. The zero-order chi connectivity index (χ0) is 18.6. The van der Waals surface area contributed by atoms with Crippen molar-refractivity contribution < 1.29 is 9.59 Å². The molecule has 2 N–H and O–H groups in total. The Morgan fingerprint density at radius 1 is 1.04 bits per heavy atom. The van der Waals surface area contributed by atoms with E-state index in [9.17, 15) is 9.59 Å². The number of carbonyl (C=O) groups is 2. The van der Waals surface area contributed by atoms with Gasteiger partial charge in [-0.3, -0.25) is 9.59 Å². The quantitative estimate of drug-likeness (QED) is 0.740. The second kappa shape index (κ2) is 5.54. The molecular weight excluding hydrogens is 340 g/mol. The van der Waals surface area contributed by atoms with E-state index in [-0.39, 0.29) is 18.2 Å². The summed E-state index contributed by atoms with van der Waals surface area (Å²) in [5.74, 6) is 0.244. The first-order valence-electron chi connectivity index (χ1n) is 8.90. The molecule has 0 bridgehead atoms. The lowest BCUT2D eigenvalue weighted by atomic mass is 9.72. The molecular formula is C21H18N4O2. The summed E-state index contributed by atoms with van der Waals surface area (Å²) in [6.07, 6.45) is 1.80. The number of amides is 2. The Morgan fingerprint density at radius 3 is 2.63 bits per heavy atom. The SMILES string of the molecule is Cc1ccc(Cn2ncc3c2NC(=O)C[C@]32C(=O)Nc3ccccc32)cc1. The number of hydrogen-bond acceptors (Lipinski definition) is 3. The van der Waals surface area contributed by atoms with Gasteiger partial charge in [0.2, 0.25) is 11.8 Å². The highest BCUT2D eigenvalue weighted by molar-refractivity contribution is 6.14. The number of carbonyl (C=O) groups excluding carboxylic acids is 2. The van der Waals surface area contributed by atoms with Gasteiger partial charge in [-0.05, 0) is 24.1 Å². The van der Waals surface area contributed by atoms with Crippen LogP contribution in [0.4, 0.5) is 11.5 Å². The van der Waals surface area contributed by atoms with Gasteiger partial charge in [-0.1, -0.05) is 48.0 Å². The Kier molecular flexibility index (Phi) is 3.25. The van der Waals surface area contributed by atoms with Crippen LogP contribution in [0.2, 0.25) is 0 Å². The van der Waals surface area contributed by atoms with Crippen LogP contribution in [0.3, 0.4) is 0 Å². The molecule has 0 saturated carbocycles. The third-order valence-corrected chi connectivity index (χ3v) is 5.46. The molecule has 2 amide bonds. The lowest BCUT2D eigenvalue weighted by Gasteiger charge is -2.31. The minimum absolute atomic E-state index is 0.0824. The van der Waals surface area contributed by atoms with E-state index >= 15 is 0 Å². The fraction of sp³-hybridized carbons (Fsp3) is 0.190. The van der Waals surface area contributed by atoms with Crippen molar-refractivity contribution in [2.75, 3.05) is 10.6 Å². The maximum atomic E-state index is 13.0. The van der Waals surface area contributed by atoms with E-state index in [1.165, 1.54) is 5.56 Å². The zero-order valence-electron chi connectivity index (χ0n) is 14.8. The topological polar surface area (TPSA) is 76.0 Å². The summed E-state index contributed by atoms with van der Waals surface area (Å²) in [6, 6.07) is 15.7. The van der Waals surface area contributed by atoms with Gasteiger partial charge < -0.3 is 10.6 Å². The zero-order valence-corrected chi connectivity index (χ0v) is 14.8. The van der Waals surface area contributed by atoms with E-state index in [1.54, 1.807) is 10.9 Å². The lowest BCUT2D eigenvalue weighted by molar-refractivity contribution is -0.125. The molecule has 27 heavy (non-hydrogen) atoms. The van der Waals surface area contributed by atoms with Crippen molar-refractivity contribution in [2.24, 2.45) is 0 Å². The van der Waals surface area contributed by atoms with Gasteiger partial charge in [-0.15, -0.1) is 0 Å². The van der Waals surface area contributed by atoms with Crippen molar-refractivity contribution in [3.05, 3.63) is 77.0 Å². The summed E-state index contributed by atoms with van der Waals surface area (Å²) in [5.41, 5.74) is 3.59. The molecule has 3 heterocycles. The summed E-state index contributed by atoms with van der Waals surface area (Å²) in [7, 11) is 0. The largest absolute Gasteiger partial charge is 0.325 e. The van der Waals surface area contributed by atoms with Crippen LogP contribution in [0.25, 0.3) is 0 Å². The Bertz CT molecular complexity index is 1080. The second-order valence-electron chi connectivity index (χ2n) is 7.18. The summed E-state index contributed by atoms with van der Waals surface area (Å²) >= 11 is 0. The number of rotatable bonds is 2. The van der Waals surface area contributed by atoms with Gasteiger partial charge in [-0.25, -0.2) is 4.68 Å². The average molecular weight is 358 g/mol. The predicted octanol–water partition coefficient (Wildman–Crippen LogP) is 2.82. The molecule has 0 aliphatic carbocycles. The van der Waals surface area contributed by atoms with Gasteiger partial charge in [0.05, 0.1) is 12.7 Å². The molecule has 3 aromatic rings. The fourth-order valence-electron chi connectivity index (χ4n) is 4.09. The standard InChI is InChI=1S/C21H18N4O2/c1-13-6-8-14(9-7-13)12-25-19-16(11-22-25)21(10-18(26)24-19)15-4-2-3-5-17(15)23-20(21)27/h2-9,11H,10,12H2,1H3,(H,23,27)(H,24,26)/t21-/m1/s1. The molecule has 6 nitrogen and oxygen atoms in total. The number of nitrogens with one attached hydrogen (secondary N) is 2. The molecule has 1 aromatic heterocycles. The van der Waals surface area contributed by atoms with Crippen LogP contribution in [0.1, 0.15) is 28.7 Å². The molecule has 2 aliphatic rings. The molecule has 1 atom stereocenters. The van der Waals surface area contributed by atoms with Crippen molar-refractivity contribution in [2.45, 2.75) is 25.3 Å². The van der Waals surface area contributed by atoms with Gasteiger partial charge in [0, 0.05) is 17.7 Å². The number of hydrogen-bond donors (Lipinski definition) is 2.